The maximum Gasteiger partial charge on any atom is 0.155 e. The number of nitrogens with one attached hydrogen (secondary N) is 2. The average Bonchev–Trinajstić information content (AvgIpc) is 3.12. The molecule has 0 radical (unpaired) electrons. The maximum absolute atomic E-state index is 10.4. The fraction of sp³-hybridized carbons (Fsp3) is 0. The number of aromatic amines is 2. The molecule has 2 N–H and O–H groups in total. The molecule has 6 heteroatoms. The largest absolute Gasteiger partial charge is 0.299 e. The van der Waals surface area contributed by atoms with Crippen molar-refractivity contribution in [2.45, 2.75) is 0 Å². The van der Waals surface area contributed by atoms with E-state index in [1.165, 1.54) is 12.4 Å². The molecule has 0 aliphatic heterocycles. The van der Waals surface area contributed by atoms with Crippen LogP contribution in [-0.2, 0) is 4.79 Å². The van der Waals surface area contributed by atoms with Crippen LogP contribution in [-0.4, -0.2) is 31.7 Å². The van der Waals surface area contributed by atoms with E-state index >= 15 is 0 Å². The number of aldehydes is 1. The third-order valence-corrected chi connectivity index (χ3v) is 2.93. The first-order valence-electron chi connectivity index (χ1n) is 5.94. The first-order valence-corrected chi connectivity index (χ1v) is 5.94. The molecule has 1 aromatic carbocycles. The fourth-order valence-electron chi connectivity index (χ4n) is 1.99. The van der Waals surface area contributed by atoms with Crippen LogP contribution in [0.4, 0.5) is 0 Å². The van der Waals surface area contributed by atoms with E-state index in [-0.39, 0.29) is 0 Å². The van der Waals surface area contributed by atoms with Gasteiger partial charge in [0.05, 0.1) is 11.2 Å². The van der Waals surface area contributed by atoms with Crippen LogP contribution in [0.5, 0.6) is 0 Å². The third kappa shape index (κ3) is 2.03. The summed E-state index contributed by atoms with van der Waals surface area (Å²) in [6.45, 7) is 3.91. The van der Waals surface area contributed by atoms with Crippen molar-refractivity contribution >= 4 is 22.8 Å². The number of rotatable bonds is 4. The van der Waals surface area contributed by atoms with Crippen LogP contribution in [0, 0.1) is 0 Å². The SMILES string of the molecule is C=C(/C=C/C=O)c1n[nH]c2ccc(-c3ncn[nH]3)cc12. The van der Waals surface area contributed by atoms with Crippen molar-refractivity contribution in [1.82, 2.24) is 25.4 Å². The molecule has 6 nitrogen and oxygen atoms in total. The number of carbonyl (C=O) groups excluding carboxylic acids is 1. The molecule has 0 amide bonds. The van der Waals surface area contributed by atoms with Crippen LogP contribution in [0.3, 0.4) is 0 Å². The zero-order chi connectivity index (χ0) is 13.9. The van der Waals surface area contributed by atoms with Crippen molar-refractivity contribution in [3.8, 4) is 11.4 Å². The summed E-state index contributed by atoms with van der Waals surface area (Å²) in [5, 5.41) is 14.7. The minimum atomic E-state index is 0.665. The summed E-state index contributed by atoms with van der Waals surface area (Å²) < 4.78 is 0. The Morgan fingerprint density at radius 2 is 2.20 bits per heavy atom. The van der Waals surface area contributed by atoms with Gasteiger partial charge < -0.3 is 0 Å². The van der Waals surface area contributed by atoms with Gasteiger partial charge in [0.1, 0.15) is 12.6 Å². The molecule has 0 saturated heterocycles. The molecular weight excluding hydrogens is 254 g/mol. The van der Waals surface area contributed by atoms with Crippen molar-refractivity contribution in [1.29, 1.82) is 0 Å². The first-order chi connectivity index (χ1) is 9.79. The lowest BCUT2D eigenvalue weighted by molar-refractivity contribution is -0.104. The van der Waals surface area contributed by atoms with Gasteiger partial charge in [-0.25, -0.2) is 4.98 Å². The number of H-pyrrole nitrogens is 2. The molecular formula is C14H11N5O. The van der Waals surface area contributed by atoms with Gasteiger partial charge in [0.2, 0.25) is 0 Å². The van der Waals surface area contributed by atoms with Gasteiger partial charge in [-0.2, -0.15) is 10.2 Å². The highest BCUT2D eigenvalue weighted by Crippen LogP contribution is 2.26. The van der Waals surface area contributed by atoms with Gasteiger partial charge in [0, 0.05) is 10.9 Å². The van der Waals surface area contributed by atoms with E-state index in [4.69, 9.17) is 0 Å². The van der Waals surface area contributed by atoms with E-state index in [9.17, 15) is 4.79 Å². The number of allylic oxidation sites excluding steroid dienone is 3. The number of nitrogens with zero attached hydrogens (tertiary/aromatic N) is 3. The summed E-state index contributed by atoms with van der Waals surface area (Å²) in [4.78, 5) is 14.5. The van der Waals surface area contributed by atoms with E-state index in [0.29, 0.717) is 23.4 Å². The highest BCUT2D eigenvalue weighted by Gasteiger charge is 2.09. The summed E-state index contributed by atoms with van der Waals surface area (Å²) in [5.41, 5.74) is 3.17. The molecule has 0 saturated carbocycles. The van der Waals surface area contributed by atoms with Gasteiger partial charge in [0.15, 0.2) is 5.82 Å². The zero-order valence-electron chi connectivity index (χ0n) is 10.5. The van der Waals surface area contributed by atoms with Gasteiger partial charge >= 0.3 is 0 Å². The number of hydrogen-bond acceptors (Lipinski definition) is 4. The molecule has 2 aromatic heterocycles. The fourth-order valence-corrected chi connectivity index (χ4v) is 1.99. The Hall–Kier alpha value is -3.02. The van der Waals surface area contributed by atoms with Gasteiger partial charge in [-0.1, -0.05) is 12.7 Å². The van der Waals surface area contributed by atoms with Crippen LogP contribution < -0.4 is 0 Å². The Morgan fingerprint density at radius 3 is 2.95 bits per heavy atom. The highest BCUT2D eigenvalue weighted by atomic mass is 16.1. The van der Waals surface area contributed by atoms with Crippen molar-refractivity contribution in [3.05, 3.63) is 49.0 Å². The van der Waals surface area contributed by atoms with E-state index in [1.807, 2.05) is 18.2 Å². The summed E-state index contributed by atoms with van der Waals surface area (Å²) in [6.07, 6.45) is 5.19. The lowest BCUT2D eigenvalue weighted by Gasteiger charge is -1.99. The topological polar surface area (TPSA) is 87.3 Å². The minimum absolute atomic E-state index is 0.665. The summed E-state index contributed by atoms with van der Waals surface area (Å²) in [6, 6.07) is 5.80. The quantitative estimate of drug-likeness (QED) is 0.429. The number of hydrogen-bond donors (Lipinski definition) is 2. The molecule has 20 heavy (non-hydrogen) atoms. The lowest BCUT2D eigenvalue weighted by Crippen LogP contribution is -1.83. The van der Waals surface area contributed by atoms with Gasteiger partial charge in [-0.3, -0.25) is 15.0 Å². The first kappa shape index (κ1) is 12.0. The van der Waals surface area contributed by atoms with Crippen LogP contribution >= 0.6 is 0 Å². The predicted octanol–water partition coefficient (Wildman–Crippen LogP) is 2.12. The van der Waals surface area contributed by atoms with Crippen molar-refractivity contribution in [2.75, 3.05) is 0 Å². The van der Waals surface area contributed by atoms with Gasteiger partial charge in [-0.05, 0) is 29.8 Å². The number of benzene rings is 1. The normalized spacial score (nSPS) is 11.2. The Bertz CT molecular complexity index is 798. The summed E-state index contributed by atoms with van der Waals surface area (Å²) in [7, 11) is 0. The molecule has 2 heterocycles. The summed E-state index contributed by atoms with van der Waals surface area (Å²) >= 11 is 0. The molecule has 3 rings (SSSR count). The monoisotopic (exact) mass is 265 g/mol. The molecule has 0 aliphatic carbocycles. The minimum Gasteiger partial charge on any atom is -0.299 e. The van der Waals surface area contributed by atoms with Crippen LogP contribution in [0.2, 0.25) is 0 Å². The zero-order valence-corrected chi connectivity index (χ0v) is 10.5. The van der Waals surface area contributed by atoms with Crippen LogP contribution in [0.25, 0.3) is 27.9 Å². The van der Waals surface area contributed by atoms with E-state index in [0.717, 1.165) is 16.5 Å². The van der Waals surface area contributed by atoms with Gasteiger partial charge in [0.25, 0.3) is 0 Å². The second-order valence-electron chi connectivity index (χ2n) is 4.19. The summed E-state index contributed by atoms with van der Waals surface area (Å²) in [5.74, 6) is 0.688. The van der Waals surface area contributed by atoms with Crippen molar-refractivity contribution in [2.24, 2.45) is 0 Å². The lowest BCUT2D eigenvalue weighted by atomic mass is 10.1. The second-order valence-corrected chi connectivity index (χ2v) is 4.19. The molecule has 0 fully saturated rings. The molecule has 0 spiro atoms. The number of fused-ring (bicyclic) bond motifs is 1. The Balaban J connectivity index is 2.10. The van der Waals surface area contributed by atoms with E-state index in [2.05, 4.69) is 32.0 Å². The van der Waals surface area contributed by atoms with E-state index < -0.39 is 0 Å². The molecule has 0 aliphatic rings. The van der Waals surface area contributed by atoms with Crippen LogP contribution in [0.1, 0.15) is 5.69 Å². The number of aromatic nitrogens is 5. The maximum atomic E-state index is 10.4. The second kappa shape index (κ2) is 4.93. The molecule has 3 aromatic rings. The molecule has 98 valence electrons. The van der Waals surface area contributed by atoms with Gasteiger partial charge in [-0.15, -0.1) is 0 Å². The third-order valence-electron chi connectivity index (χ3n) is 2.93. The Kier molecular flexibility index (Phi) is 2.96. The Labute approximate surface area is 114 Å². The number of carbonyl (C=O) groups is 1. The predicted molar refractivity (Wildman–Crippen MR) is 75.7 cm³/mol. The standard InChI is InChI=1S/C14H11N5O/c1-9(3-2-6-20)13-11-7-10(14-15-8-16-19-14)4-5-12(11)17-18-13/h2-8H,1H2,(H,17,18)(H,15,16,19)/b3-2+. The molecule has 0 bridgehead atoms. The molecule has 0 atom stereocenters. The van der Waals surface area contributed by atoms with Crippen molar-refractivity contribution in [3.63, 3.8) is 0 Å². The van der Waals surface area contributed by atoms with Crippen molar-refractivity contribution < 1.29 is 4.79 Å². The Morgan fingerprint density at radius 1 is 1.30 bits per heavy atom. The van der Waals surface area contributed by atoms with E-state index in [1.54, 1.807) is 6.08 Å². The smallest absolute Gasteiger partial charge is 0.155 e. The van der Waals surface area contributed by atoms with Crippen LogP contribution in [0.15, 0.2) is 43.3 Å². The highest BCUT2D eigenvalue weighted by molar-refractivity contribution is 5.95. The molecule has 0 unspecified atom stereocenters. The average molecular weight is 265 g/mol.